The van der Waals surface area contributed by atoms with Crippen molar-refractivity contribution in [2.75, 3.05) is 26.0 Å². The number of fused-ring (bicyclic) bond motifs is 3. The summed E-state index contributed by atoms with van der Waals surface area (Å²) >= 11 is 1.60. The zero-order chi connectivity index (χ0) is 17.6. The highest BCUT2D eigenvalue weighted by Crippen LogP contribution is 2.33. The fourth-order valence-electron chi connectivity index (χ4n) is 3.25. The molecule has 4 rings (SSSR count). The molecular formula is C18H20N4O2S. The van der Waals surface area contributed by atoms with Crippen LogP contribution in [0.4, 0.5) is 0 Å². The van der Waals surface area contributed by atoms with E-state index >= 15 is 0 Å². The molecule has 0 atom stereocenters. The van der Waals surface area contributed by atoms with Gasteiger partial charge in [0, 0.05) is 23.5 Å². The van der Waals surface area contributed by atoms with Crippen LogP contribution in [-0.2, 0) is 13.0 Å². The van der Waals surface area contributed by atoms with Gasteiger partial charge in [-0.2, -0.15) is 0 Å². The van der Waals surface area contributed by atoms with E-state index in [0.717, 1.165) is 41.2 Å². The van der Waals surface area contributed by atoms with Gasteiger partial charge < -0.3 is 15.5 Å². The van der Waals surface area contributed by atoms with Gasteiger partial charge in [-0.3, -0.25) is 4.79 Å². The maximum atomic E-state index is 12.9. The monoisotopic (exact) mass is 356 g/mol. The van der Waals surface area contributed by atoms with Crippen LogP contribution < -0.4 is 16.1 Å². The number of aromatic nitrogens is 2. The molecule has 0 aliphatic carbocycles. The average Bonchev–Trinajstić information content (AvgIpc) is 2.96. The highest BCUT2D eigenvalue weighted by Gasteiger charge is 2.23. The zero-order valence-corrected chi connectivity index (χ0v) is 15.1. The van der Waals surface area contributed by atoms with E-state index in [0.29, 0.717) is 17.8 Å². The molecule has 0 bridgehead atoms. The molecule has 0 saturated carbocycles. The van der Waals surface area contributed by atoms with Crippen LogP contribution in [0.1, 0.15) is 17.4 Å². The summed E-state index contributed by atoms with van der Waals surface area (Å²) in [4.78, 5) is 21.8. The Balaban J connectivity index is 1.85. The van der Waals surface area contributed by atoms with Crippen LogP contribution in [0.25, 0.3) is 21.6 Å². The number of thiophene rings is 1. The van der Waals surface area contributed by atoms with Gasteiger partial charge in [0.2, 0.25) is 0 Å². The molecule has 1 aromatic carbocycles. The van der Waals surface area contributed by atoms with Crippen LogP contribution in [0.5, 0.6) is 5.75 Å². The lowest BCUT2D eigenvalue weighted by Gasteiger charge is -2.21. The molecule has 0 saturated heterocycles. The lowest BCUT2D eigenvalue weighted by Crippen LogP contribution is -2.31. The molecule has 3 aromatic rings. The van der Waals surface area contributed by atoms with Gasteiger partial charge in [-0.1, -0.05) is 0 Å². The Morgan fingerprint density at radius 1 is 1.32 bits per heavy atom. The number of hydrogen-bond donors (Lipinski definition) is 1. The molecule has 0 unspecified atom stereocenters. The Bertz CT molecular complexity index is 991. The standard InChI is InChI=1S/C18H20N4O2S/c1-3-24-12-6-4-11(5-7-12)16-20-17-15(18(23)22(16)19)13-8-9-21(2)10-14(13)25-17/h4-7H,3,8-10,19H2,1-2H3. The topological polar surface area (TPSA) is 73.4 Å². The molecular weight excluding hydrogens is 336 g/mol. The minimum absolute atomic E-state index is 0.170. The quantitative estimate of drug-likeness (QED) is 0.729. The van der Waals surface area contributed by atoms with Gasteiger partial charge in [0.15, 0.2) is 5.82 Å². The Labute approximate surface area is 149 Å². The molecule has 130 valence electrons. The van der Waals surface area contributed by atoms with Crippen LogP contribution in [0.3, 0.4) is 0 Å². The highest BCUT2D eigenvalue weighted by molar-refractivity contribution is 7.18. The summed E-state index contributed by atoms with van der Waals surface area (Å²) in [5, 5.41) is 0.685. The summed E-state index contributed by atoms with van der Waals surface area (Å²) in [5.74, 6) is 7.37. The van der Waals surface area contributed by atoms with Crippen LogP contribution in [0, 0.1) is 0 Å². The van der Waals surface area contributed by atoms with Crippen molar-refractivity contribution in [1.29, 1.82) is 0 Å². The summed E-state index contributed by atoms with van der Waals surface area (Å²) in [7, 11) is 2.09. The van der Waals surface area contributed by atoms with Crippen molar-refractivity contribution in [3.8, 4) is 17.1 Å². The second kappa shape index (κ2) is 6.16. The number of benzene rings is 1. The van der Waals surface area contributed by atoms with Gasteiger partial charge in [-0.15, -0.1) is 11.3 Å². The lowest BCUT2D eigenvalue weighted by molar-refractivity contribution is 0.318. The van der Waals surface area contributed by atoms with E-state index in [2.05, 4.69) is 11.9 Å². The third-order valence-electron chi connectivity index (χ3n) is 4.52. The smallest absolute Gasteiger partial charge is 0.281 e. The van der Waals surface area contributed by atoms with Crippen LogP contribution in [0.2, 0.25) is 0 Å². The Kier molecular flexibility index (Phi) is 3.97. The lowest BCUT2D eigenvalue weighted by atomic mass is 10.1. The van der Waals surface area contributed by atoms with E-state index in [1.165, 1.54) is 9.55 Å². The van der Waals surface area contributed by atoms with Gasteiger partial charge in [0.25, 0.3) is 5.56 Å². The molecule has 3 heterocycles. The molecule has 7 heteroatoms. The van der Waals surface area contributed by atoms with Crippen LogP contribution in [0.15, 0.2) is 29.1 Å². The first-order valence-corrected chi connectivity index (χ1v) is 9.14. The summed E-state index contributed by atoms with van der Waals surface area (Å²) in [6.45, 7) is 4.36. The van der Waals surface area contributed by atoms with Gasteiger partial charge in [0.1, 0.15) is 10.6 Å². The van der Waals surface area contributed by atoms with E-state index in [1.54, 1.807) is 11.3 Å². The normalized spacial score (nSPS) is 14.6. The zero-order valence-electron chi connectivity index (χ0n) is 14.3. The average molecular weight is 356 g/mol. The fourth-order valence-corrected chi connectivity index (χ4v) is 4.54. The van der Waals surface area contributed by atoms with Gasteiger partial charge in [-0.05, 0) is 50.2 Å². The molecule has 2 aromatic heterocycles. The first-order valence-electron chi connectivity index (χ1n) is 8.32. The Morgan fingerprint density at radius 3 is 2.80 bits per heavy atom. The van der Waals surface area contributed by atoms with Crippen molar-refractivity contribution in [3.05, 3.63) is 45.1 Å². The van der Waals surface area contributed by atoms with Crippen molar-refractivity contribution >= 4 is 21.6 Å². The van der Waals surface area contributed by atoms with Crippen molar-refractivity contribution in [2.24, 2.45) is 0 Å². The van der Waals surface area contributed by atoms with Gasteiger partial charge >= 0.3 is 0 Å². The summed E-state index contributed by atoms with van der Waals surface area (Å²) in [6, 6.07) is 7.49. The number of ether oxygens (including phenoxy) is 1. The summed E-state index contributed by atoms with van der Waals surface area (Å²) in [5.41, 5.74) is 1.75. The number of nitrogens with zero attached hydrogens (tertiary/aromatic N) is 3. The first-order chi connectivity index (χ1) is 12.1. The summed E-state index contributed by atoms with van der Waals surface area (Å²) in [6.07, 6.45) is 0.866. The third kappa shape index (κ3) is 2.69. The molecule has 2 N–H and O–H groups in total. The molecule has 1 aliphatic heterocycles. The number of nitrogen functional groups attached to an aromatic ring is 1. The molecule has 0 spiro atoms. The second-order valence-corrected chi connectivity index (χ2v) is 7.32. The minimum Gasteiger partial charge on any atom is -0.494 e. The fraction of sp³-hybridized carbons (Fsp3) is 0.333. The molecule has 0 radical (unpaired) electrons. The predicted molar refractivity (Wildman–Crippen MR) is 101 cm³/mol. The Morgan fingerprint density at radius 2 is 2.08 bits per heavy atom. The number of hydrogen-bond acceptors (Lipinski definition) is 6. The van der Waals surface area contributed by atoms with Crippen molar-refractivity contribution in [2.45, 2.75) is 19.9 Å². The van der Waals surface area contributed by atoms with E-state index in [4.69, 9.17) is 15.6 Å². The molecule has 25 heavy (non-hydrogen) atoms. The van der Waals surface area contributed by atoms with E-state index < -0.39 is 0 Å². The van der Waals surface area contributed by atoms with Crippen molar-refractivity contribution in [3.63, 3.8) is 0 Å². The number of rotatable bonds is 3. The maximum Gasteiger partial charge on any atom is 0.281 e. The maximum absolute atomic E-state index is 12.9. The molecule has 6 nitrogen and oxygen atoms in total. The SMILES string of the molecule is CCOc1ccc(-c2nc3sc4c(c3c(=O)n2N)CCN(C)C4)cc1. The van der Waals surface area contributed by atoms with Crippen molar-refractivity contribution in [1.82, 2.24) is 14.6 Å². The molecule has 0 fully saturated rings. The largest absolute Gasteiger partial charge is 0.494 e. The second-order valence-electron chi connectivity index (χ2n) is 6.24. The van der Waals surface area contributed by atoms with Crippen LogP contribution >= 0.6 is 11.3 Å². The van der Waals surface area contributed by atoms with E-state index in [-0.39, 0.29) is 5.56 Å². The van der Waals surface area contributed by atoms with E-state index in [9.17, 15) is 4.79 Å². The third-order valence-corrected chi connectivity index (χ3v) is 5.63. The Hall–Kier alpha value is -2.38. The van der Waals surface area contributed by atoms with Gasteiger partial charge in [0.05, 0.1) is 12.0 Å². The molecule has 1 aliphatic rings. The minimum atomic E-state index is -0.170. The number of nitrogens with two attached hydrogens (primary N) is 1. The van der Waals surface area contributed by atoms with Gasteiger partial charge in [-0.25, -0.2) is 9.66 Å². The predicted octanol–water partition coefficient (Wildman–Crippen LogP) is 2.23. The highest BCUT2D eigenvalue weighted by atomic mass is 32.1. The van der Waals surface area contributed by atoms with Crippen LogP contribution in [-0.4, -0.2) is 34.8 Å². The van der Waals surface area contributed by atoms with E-state index in [1.807, 2.05) is 31.2 Å². The molecule has 0 amide bonds. The van der Waals surface area contributed by atoms with Crippen molar-refractivity contribution < 1.29 is 4.74 Å². The summed E-state index contributed by atoms with van der Waals surface area (Å²) < 4.78 is 6.63. The number of likely N-dealkylation sites (N-methyl/N-ethyl adjacent to an activating group) is 1. The first kappa shape index (κ1) is 16.1.